The number of hydrogen-bond donors (Lipinski definition) is 3. The molecule has 5 N–H and O–H groups in total. The van der Waals surface area contributed by atoms with Crippen molar-refractivity contribution in [1.29, 1.82) is 0 Å². The highest BCUT2D eigenvalue weighted by atomic mass is 16.2. The lowest BCUT2D eigenvalue weighted by Gasteiger charge is -2.16. The first-order valence-electron chi connectivity index (χ1n) is 9.18. The van der Waals surface area contributed by atoms with Crippen molar-refractivity contribution in [2.75, 3.05) is 11.1 Å². The molecule has 1 amide bonds. The molecule has 3 aromatic rings. The molecule has 1 saturated carbocycles. The van der Waals surface area contributed by atoms with Crippen molar-refractivity contribution in [3.8, 4) is 11.3 Å². The second-order valence-corrected chi connectivity index (χ2v) is 6.99. The molecule has 1 aliphatic carbocycles. The predicted octanol–water partition coefficient (Wildman–Crippen LogP) is 1.28. The van der Waals surface area contributed by atoms with Gasteiger partial charge in [-0.15, -0.1) is 0 Å². The van der Waals surface area contributed by atoms with Gasteiger partial charge in [0.1, 0.15) is 12.4 Å². The van der Waals surface area contributed by atoms with E-state index >= 15 is 0 Å². The number of nitrogens with one attached hydrogen (secondary N) is 1. The first-order valence-corrected chi connectivity index (χ1v) is 9.18. The molecule has 9 nitrogen and oxygen atoms in total. The van der Waals surface area contributed by atoms with Crippen molar-refractivity contribution in [3.63, 3.8) is 0 Å². The molecular weight excluding hydrogens is 358 g/mol. The van der Waals surface area contributed by atoms with Gasteiger partial charge in [0.2, 0.25) is 11.9 Å². The predicted molar refractivity (Wildman–Crippen MR) is 107 cm³/mol. The van der Waals surface area contributed by atoms with Gasteiger partial charge in [0.15, 0.2) is 0 Å². The molecule has 9 heteroatoms. The van der Waals surface area contributed by atoms with E-state index in [1.54, 1.807) is 30.7 Å². The molecule has 3 heterocycles. The highest BCUT2D eigenvalue weighted by Crippen LogP contribution is 2.28. The average Bonchev–Trinajstić information content (AvgIpc) is 3.17. The van der Waals surface area contributed by atoms with Crippen LogP contribution >= 0.6 is 0 Å². The van der Waals surface area contributed by atoms with Crippen LogP contribution in [0.2, 0.25) is 0 Å². The zero-order valence-corrected chi connectivity index (χ0v) is 15.3. The summed E-state index contributed by atoms with van der Waals surface area (Å²) in [5, 5.41) is 4.58. The van der Waals surface area contributed by atoms with Crippen LogP contribution in [0.5, 0.6) is 0 Å². The minimum absolute atomic E-state index is 0.175. The third-order valence-electron chi connectivity index (χ3n) is 4.95. The van der Waals surface area contributed by atoms with Gasteiger partial charge >= 0.3 is 0 Å². The fourth-order valence-electron chi connectivity index (χ4n) is 3.58. The number of anilines is 2. The van der Waals surface area contributed by atoms with Gasteiger partial charge in [-0.25, -0.2) is 15.0 Å². The summed E-state index contributed by atoms with van der Waals surface area (Å²) < 4.78 is 1.30. The minimum atomic E-state index is -0.574. The van der Waals surface area contributed by atoms with Crippen LogP contribution in [0.25, 0.3) is 22.0 Å². The maximum Gasteiger partial charge on any atom is 0.262 e. The Morgan fingerprint density at radius 1 is 1.25 bits per heavy atom. The molecule has 3 aromatic heterocycles. The molecule has 0 atom stereocenters. The number of nitrogen functional groups attached to an aromatic ring is 1. The fraction of sp³-hybridized carbons (Fsp3) is 0.316. The molecule has 0 unspecified atom stereocenters. The third kappa shape index (κ3) is 3.51. The molecule has 0 saturated heterocycles. The maximum absolute atomic E-state index is 13.0. The van der Waals surface area contributed by atoms with Crippen LogP contribution < -0.4 is 22.3 Å². The Labute approximate surface area is 160 Å². The molecule has 4 rings (SSSR count). The number of carbonyl (C=O) groups excluding carboxylic acids is 1. The normalized spacial score (nSPS) is 14.4. The monoisotopic (exact) mass is 379 g/mol. The summed E-state index contributed by atoms with van der Waals surface area (Å²) in [4.78, 5) is 37.0. The van der Waals surface area contributed by atoms with Crippen molar-refractivity contribution >= 4 is 28.4 Å². The summed E-state index contributed by atoms with van der Waals surface area (Å²) in [6.07, 6.45) is 9.12. The van der Waals surface area contributed by atoms with Crippen LogP contribution in [-0.4, -0.2) is 31.5 Å². The SMILES string of the molecule is NC(=O)Cn1ccc2cc(-c3cnc(N)nc3)nc(NC3CCCC3)c2c1=O. The summed E-state index contributed by atoms with van der Waals surface area (Å²) in [6.45, 7) is -0.175. The second-order valence-electron chi connectivity index (χ2n) is 6.99. The molecule has 28 heavy (non-hydrogen) atoms. The van der Waals surface area contributed by atoms with E-state index in [-0.39, 0.29) is 24.1 Å². The van der Waals surface area contributed by atoms with Crippen LogP contribution in [0.4, 0.5) is 11.8 Å². The van der Waals surface area contributed by atoms with E-state index in [1.807, 2.05) is 0 Å². The minimum Gasteiger partial charge on any atom is -0.368 e. The number of nitrogens with two attached hydrogens (primary N) is 2. The molecule has 0 spiro atoms. The number of aromatic nitrogens is 4. The maximum atomic E-state index is 13.0. The van der Waals surface area contributed by atoms with Crippen molar-refractivity contribution in [2.45, 2.75) is 38.3 Å². The van der Waals surface area contributed by atoms with Crippen molar-refractivity contribution in [2.24, 2.45) is 5.73 Å². The largest absolute Gasteiger partial charge is 0.368 e. The van der Waals surface area contributed by atoms with Crippen molar-refractivity contribution < 1.29 is 4.79 Å². The molecule has 0 bridgehead atoms. The highest BCUT2D eigenvalue weighted by Gasteiger charge is 2.19. The Hall–Kier alpha value is -3.49. The van der Waals surface area contributed by atoms with Gasteiger partial charge in [-0.3, -0.25) is 9.59 Å². The van der Waals surface area contributed by atoms with Crippen molar-refractivity contribution in [3.05, 3.63) is 41.1 Å². The lowest BCUT2D eigenvalue weighted by atomic mass is 10.1. The average molecular weight is 379 g/mol. The van der Waals surface area contributed by atoms with Gasteiger partial charge in [0, 0.05) is 30.2 Å². The molecule has 0 radical (unpaired) electrons. The third-order valence-corrected chi connectivity index (χ3v) is 4.95. The van der Waals surface area contributed by atoms with Crippen molar-refractivity contribution in [1.82, 2.24) is 19.5 Å². The summed E-state index contributed by atoms with van der Waals surface area (Å²) in [6, 6.07) is 3.85. The van der Waals surface area contributed by atoms with E-state index in [0.717, 1.165) is 25.7 Å². The number of amides is 1. The number of pyridine rings is 2. The summed E-state index contributed by atoms with van der Waals surface area (Å²) in [5.74, 6) is 0.110. The zero-order valence-electron chi connectivity index (χ0n) is 15.3. The fourth-order valence-corrected chi connectivity index (χ4v) is 3.58. The lowest BCUT2D eigenvalue weighted by Crippen LogP contribution is -2.28. The standard InChI is InChI=1S/C19H21N7O2/c20-15(27)10-26-6-5-11-7-14(12-8-22-19(21)23-9-12)25-17(16(11)18(26)28)24-13-3-1-2-4-13/h5-9,13H,1-4,10H2,(H2,20,27)(H,24,25)(H2,21,22,23). The Kier molecular flexibility index (Phi) is 4.64. The zero-order chi connectivity index (χ0) is 19.7. The van der Waals surface area contributed by atoms with E-state index in [1.165, 1.54) is 4.57 Å². The molecule has 0 aromatic carbocycles. The van der Waals surface area contributed by atoms with Gasteiger partial charge < -0.3 is 21.4 Å². The number of hydrogen-bond acceptors (Lipinski definition) is 7. The Morgan fingerprint density at radius 3 is 2.64 bits per heavy atom. The highest BCUT2D eigenvalue weighted by molar-refractivity contribution is 5.94. The molecular formula is C19H21N7O2. The van der Waals surface area contributed by atoms with Gasteiger partial charge in [0.05, 0.1) is 11.1 Å². The van der Waals surface area contributed by atoms with Gasteiger partial charge in [0.25, 0.3) is 5.56 Å². The number of rotatable bonds is 5. The van der Waals surface area contributed by atoms with Gasteiger partial charge in [-0.05, 0) is 30.4 Å². The second kappa shape index (κ2) is 7.26. The number of carbonyl (C=O) groups is 1. The van der Waals surface area contributed by atoms with E-state index in [9.17, 15) is 9.59 Å². The van der Waals surface area contributed by atoms with Crippen LogP contribution in [0.3, 0.4) is 0 Å². The molecule has 1 fully saturated rings. The van der Waals surface area contributed by atoms with E-state index in [0.29, 0.717) is 27.8 Å². The summed E-state index contributed by atoms with van der Waals surface area (Å²) >= 11 is 0. The first-order chi connectivity index (χ1) is 13.5. The van der Waals surface area contributed by atoms with Gasteiger partial charge in [-0.2, -0.15) is 0 Å². The topological polar surface area (TPSA) is 142 Å². The molecule has 1 aliphatic rings. The Morgan fingerprint density at radius 2 is 1.96 bits per heavy atom. The van der Waals surface area contributed by atoms with Crippen LogP contribution in [0.1, 0.15) is 25.7 Å². The van der Waals surface area contributed by atoms with Crippen LogP contribution in [-0.2, 0) is 11.3 Å². The quantitative estimate of drug-likeness (QED) is 0.606. The number of fused-ring (bicyclic) bond motifs is 1. The number of nitrogens with zero attached hydrogens (tertiary/aromatic N) is 4. The lowest BCUT2D eigenvalue weighted by molar-refractivity contribution is -0.118. The van der Waals surface area contributed by atoms with Crippen LogP contribution in [0, 0.1) is 0 Å². The Balaban J connectivity index is 1.88. The Bertz CT molecular complexity index is 1090. The number of primary amides is 1. The van der Waals surface area contributed by atoms with E-state index in [4.69, 9.17) is 11.5 Å². The summed E-state index contributed by atoms with van der Waals surface area (Å²) in [5.41, 5.74) is 11.9. The van der Waals surface area contributed by atoms with Crippen LogP contribution in [0.15, 0.2) is 35.5 Å². The smallest absolute Gasteiger partial charge is 0.262 e. The summed E-state index contributed by atoms with van der Waals surface area (Å²) in [7, 11) is 0. The van der Waals surface area contributed by atoms with E-state index < -0.39 is 5.91 Å². The first kappa shape index (κ1) is 17.9. The molecule has 144 valence electrons. The molecule has 0 aliphatic heterocycles. The van der Waals surface area contributed by atoms with E-state index in [2.05, 4.69) is 20.3 Å². The van der Waals surface area contributed by atoms with Gasteiger partial charge in [-0.1, -0.05) is 12.8 Å².